The van der Waals surface area contributed by atoms with Crippen molar-refractivity contribution in [2.45, 2.75) is 57.3 Å². The van der Waals surface area contributed by atoms with Crippen LogP contribution in [0.25, 0.3) is 0 Å². The zero-order chi connectivity index (χ0) is 17.0. The lowest BCUT2D eigenvalue weighted by Crippen LogP contribution is -2.42. The Hall–Kier alpha value is -1.56. The summed E-state index contributed by atoms with van der Waals surface area (Å²) in [5.74, 6) is -0.326. The lowest BCUT2D eigenvalue weighted by Gasteiger charge is -2.27. The van der Waals surface area contributed by atoms with Gasteiger partial charge in [0.25, 0.3) is 0 Å². The second kappa shape index (κ2) is 7.34. The van der Waals surface area contributed by atoms with Gasteiger partial charge in [0.15, 0.2) is 0 Å². The number of halogens is 3. The highest BCUT2D eigenvalue weighted by molar-refractivity contribution is 5.78. The van der Waals surface area contributed by atoms with Crippen LogP contribution in [-0.4, -0.2) is 18.0 Å². The minimum absolute atomic E-state index is 0.0506. The van der Waals surface area contributed by atoms with E-state index in [2.05, 4.69) is 5.32 Å². The Morgan fingerprint density at radius 3 is 2.30 bits per heavy atom. The minimum atomic E-state index is -4.33. The van der Waals surface area contributed by atoms with E-state index in [0.717, 1.165) is 43.4 Å². The van der Waals surface area contributed by atoms with Gasteiger partial charge in [0.05, 0.1) is 5.56 Å². The minimum Gasteiger partial charge on any atom is -0.353 e. The largest absolute Gasteiger partial charge is 0.416 e. The summed E-state index contributed by atoms with van der Waals surface area (Å²) < 4.78 is 37.6. The first-order chi connectivity index (χ1) is 10.8. The SMILES string of the molecule is CC(Cc1ccc(C(F)(F)F)cc1)C(=O)NC1CCC(N)CC1. The molecule has 6 heteroatoms. The number of nitrogens with two attached hydrogens (primary N) is 1. The normalized spacial score (nSPS) is 23.3. The Labute approximate surface area is 134 Å². The standard InChI is InChI=1S/C17H23F3N2O/c1-11(16(23)22-15-8-6-14(21)7-9-15)10-12-2-4-13(5-3-12)17(18,19)20/h2-5,11,14-15H,6-10,21H2,1H3,(H,22,23). The summed E-state index contributed by atoms with van der Waals surface area (Å²) in [6.45, 7) is 1.79. The zero-order valence-electron chi connectivity index (χ0n) is 13.2. The van der Waals surface area contributed by atoms with Gasteiger partial charge in [0.2, 0.25) is 5.91 Å². The van der Waals surface area contributed by atoms with E-state index in [-0.39, 0.29) is 23.9 Å². The molecule has 0 aliphatic heterocycles. The molecule has 1 aliphatic carbocycles. The molecule has 0 spiro atoms. The number of hydrogen-bond donors (Lipinski definition) is 2. The molecule has 2 rings (SSSR count). The highest BCUT2D eigenvalue weighted by atomic mass is 19.4. The molecule has 1 amide bonds. The molecule has 0 saturated heterocycles. The summed E-state index contributed by atoms with van der Waals surface area (Å²) >= 11 is 0. The van der Waals surface area contributed by atoms with Crippen LogP contribution in [0.4, 0.5) is 13.2 Å². The molecule has 0 radical (unpaired) electrons. The first-order valence-corrected chi connectivity index (χ1v) is 7.98. The van der Waals surface area contributed by atoms with Crippen molar-refractivity contribution >= 4 is 5.91 Å². The topological polar surface area (TPSA) is 55.1 Å². The van der Waals surface area contributed by atoms with E-state index in [1.54, 1.807) is 6.92 Å². The van der Waals surface area contributed by atoms with Gasteiger partial charge in [-0.25, -0.2) is 0 Å². The highest BCUT2D eigenvalue weighted by Gasteiger charge is 2.30. The van der Waals surface area contributed by atoms with Crippen LogP contribution in [0.15, 0.2) is 24.3 Å². The molecular formula is C17H23F3N2O. The third-order valence-electron chi connectivity index (χ3n) is 4.39. The van der Waals surface area contributed by atoms with Crippen LogP contribution < -0.4 is 11.1 Å². The average molecular weight is 328 g/mol. The van der Waals surface area contributed by atoms with Crippen molar-refractivity contribution in [2.24, 2.45) is 11.7 Å². The third-order valence-corrected chi connectivity index (χ3v) is 4.39. The molecule has 3 N–H and O–H groups in total. The number of benzene rings is 1. The van der Waals surface area contributed by atoms with Crippen LogP contribution in [0.1, 0.15) is 43.7 Å². The Bertz CT molecular complexity index is 520. The molecule has 1 saturated carbocycles. The average Bonchev–Trinajstić information content (AvgIpc) is 2.49. The van der Waals surface area contributed by atoms with Crippen LogP contribution in [0.5, 0.6) is 0 Å². The molecule has 3 nitrogen and oxygen atoms in total. The van der Waals surface area contributed by atoms with Gasteiger partial charge in [-0.1, -0.05) is 19.1 Å². The molecule has 0 aromatic heterocycles. The van der Waals surface area contributed by atoms with Gasteiger partial charge < -0.3 is 11.1 Å². The predicted molar refractivity (Wildman–Crippen MR) is 82.7 cm³/mol. The van der Waals surface area contributed by atoms with Crippen molar-refractivity contribution in [3.8, 4) is 0 Å². The molecular weight excluding hydrogens is 305 g/mol. The van der Waals surface area contributed by atoms with Crippen molar-refractivity contribution in [1.29, 1.82) is 0 Å². The van der Waals surface area contributed by atoms with E-state index >= 15 is 0 Å². The number of carbonyl (C=O) groups is 1. The van der Waals surface area contributed by atoms with E-state index in [0.29, 0.717) is 6.42 Å². The lowest BCUT2D eigenvalue weighted by atomic mass is 9.91. The summed E-state index contributed by atoms with van der Waals surface area (Å²) in [6.07, 6.45) is -0.296. The summed E-state index contributed by atoms with van der Waals surface area (Å²) in [5, 5.41) is 3.02. The van der Waals surface area contributed by atoms with E-state index in [4.69, 9.17) is 5.73 Å². The number of hydrogen-bond acceptors (Lipinski definition) is 2. The first kappa shape index (κ1) is 17.8. The molecule has 0 bridgehead atoms. The Morgan fingerprint density at radius 2 is 1.78 bits per heavy atom. The summed E-state index contributed by atoms with van der Waals surface area (Å²) in [6, 6.07) is 5.38. The maximum Gasteiger partial charge on any atom is 0.416 e. The number of rotatable bonds is 4. The van der Waals surface area contributed by atoms with Crippen LogP contribution in [0.2, 0.25) is 0 Å². The number of nitrogens with one attached hydrogen (secondary N) is 1. The second-order valence-corrected chi connectivity index (χ2v) is 6.42. The smallest absolute Gasteiger partial charge is 0.353 e. The maximum atomic E-state index is 12.5. The monoisotopic (exact) mass is 328 g/mol. The van der Waals surface area contributed by atoms with Crippen molar-refractivity contribution < 1.29 is 18.0 Å². The Kier molecular flexibility index (Phi) is 5.68. The summed E-state index contributed by atoms with van der Waals surface area (Å²) in [4.78, 5) is 12.2. The molecule has 1 aliphatic rings. The molecule has 1 aromatic carbocycles. The Morgan fingerprint density at radius 1 is 1.22 bits per heavy atom. The van der Waals surface area contributed by atoms with Crippen molar-refractivity contribution in [2.75, 3.05) is 0 Å². The molecule has 128 valence electrons. The van der Waals surface area contributed by atoms with Gasteiger partial charge in [-0.3, -0.25) is 4.79 Å². The molecule has 1 aromatic rings. The first-order valence-electron chi connectivity index (χ1n) is 7.98. The van der Waals surface area contributed by atoms with Crippen LogP contribution in [-0.2, 0) is 17.4 Å². The fraction of sp³-hybridized carbons (Fsp3) is 0.588. The highest BCUT2D eigenvalue weighted by Crippen LogP contribution is 2.29. The van der Waals surface area contributed by atoms with E-state index in [1.807, 2.05) is 0 Å². The summed E-state index contributed by atoms with van der Waals surface area (Å²) in [7, 11) is 0. The fourth-order valence-corrected chi connectivity index (χ4v) is 2.88. The molecule has 0 heterocycles. The molecule has 1 fully saturated rings. The maximum absolute atomic E-state index is 12.5. The zero-order valence-corrected chi connectivity index (χ0v) is 13.2. The van der Waals surface area contributed by atoms with Crippen molar-refractivity contribution in [3.05, 3.63) is 35.4 Å². The predicted octanol–water partition coefficient (Wildman–Crippen LogP) is 3.27. The van der Waals surface area contributed by atoms with Crippen LogP contribution in [0, 0.1) is 5.92 Å². The molecule has 23 heavy (non-hydrogen) atoms. The molecule has 1 atom stereocenters. The molecule has 1 unspecified atom stereocenters. The van der Waals surface area contributed by atoms with E-state index in [9.17, 15) is 18.0 Å². The number of alkyl halides is 3. The van der Waals surface area contributed by atoms with Gasteiger partial charge in [0.1, 0.15) is 0 Å². The van der Waals surface area contributed by atoms with Crippen molar-refractivity contribution in [1.82, 2.24) is 5.32 Å². The van der Waals surface area contributed by atoms with E-state index in [1.165, 1.54) is 12.1 Å². The van der Waals surface area contributed by atoms with E-state index < -0.39 is 11.7 Å². The van der Waals surface area contributed by atoms with Gasteiger partial charge in [-0.2, -0.15) is 13.2 Å². The second-order valence-electron chi connectivity index (χ2n) is 6.42. The van der Waals surface area contributed by atoms with Crippen molar-refractivity contribution in [3.63, 3.8) is 0 Å². The van der Waals surface area contributed by atoms with Gasteiger partial charge in [-0.05, 0) is 49.8 Å². The number of amides is 1. The van der Waals surface area contributed by atoms with Gasteiger partial charge in [-0.15, -0.1) is 0 Å². The van der Waals surface area contributed by atoms with Gasteiger partial charge in [0, 0.05) is 18.0 Å². The van der Waals surface area contributed by atoms with Crippen LogP contribution in [0.3, 0.4) is 0 Å². The summed E-state index contributed by atoms with van der Waals surface area (Å²) in [5.41, 5.74) is 5.90. The Balaban J connectivity index is 1.86. The van der Waals surface area contributed by atoms with Crippen LogP contribution >= 0.6 is 0 Å². The lowest BCUT2D eigenvalue weighted by molar-refractivity contribution is -0.137. The quantitative estimate of drug-likeness (QED) is 0.891. The number of carbonyl (C=O) groups excluding carboxylic acids is 1. The third kappa shape index (κ3) is 5.23. The van der Waals surface area contributed by atoms with Gasteiger partial charge >= 0.3 is 6.18 Å². The fourth-order valence-electron chi connectivity index (χ4n) is 2.88.